The van der Waals surface area contributed by atoms with Crippen molar-refractivity contribution < 1.29 is 9.66 Å². The van der Waals surface area contributed by atoms with E-state index in [9.17, 15) is 10.1 Å². The van der Waals surface area contributed by atoms with Crippen molar-refractivity contribution in [3.05, 3.63) is 33.9 Å². The van der Waals surface area contributed by atoms with Gasteiger partial charge in [0.05, 0.1) is 11.5 Å². The van der Waals surface area contributed by atoms with Gasteiger partial charge in [0.25, 0.3) is 5.69 Å². The van der Waals surface area contributed by atoms with Gasteiger partial charge in [-0.2, -0.15) is 11.8 Å². The number of ether oxygens (including phenoxy) is 1. The second kappa shape index (κ2) is 7.13. The number of rotatable bonds is 7. The van der Waals surface area contributed by atoms with Gasteiger partial charge >= 0.3 is 0 Å². The van der Waals surface area contributed by atoms with Gasteiger partial charge in [-0.25, -0.2) is 0 Å². The molecule has 0 saturated carbocycles. The number of nitrogens with one attached hydrogen (secondary N) is 1. The molecule has 0 radical (unpaired) electrons. The summed E-state index contributed by atoms with van der Waals surface area (Å²) in [6, 6.07) is 5.26. The first-order valence-corrected chi connectivity index (χ1v) is 6.36. The Morgan fingerprint density at radius 1 is 1.53 bits per heavy atom. The first-order valence-electron chi connectivity index (χ1n) is 5.20. The van der Waals surface area contributed by atoms with E-state index >= 15 is 0 Å². The van der Waals surface area contributed by atoms with Gasteiger partial charge in [0.2, 0.25) is 0 Å². The molecule has 1 aromatic carbocycles. The molecule has 0 heterocycles. The largest absolute Gasteiger partial charge is 0.384 e. The van der Waals surface area contributed by atoms with E-state index in [1.807, 2.05) is 6.07 Å². The minimum atomic E-state index is -0.366. The fourth-order valence-electron chi connectivity index (χ4n) is 1.36. The van der Waals surface area contributed by atoms with Crippen molar-refractivity contribution in [3.8, 4) is 0 Å². The number of nitro groups is 1. The molecule has 1 rings (SSSR count). The van der Waals surface area contributed by atoms with Crippen LogP contribution in [0.3, 0.4) is 0 Å². The van der Waals surface area contributed by atoms with Crippen LogP contribution in [0.1, 0.15) is 5.56 Å². The van der Waals surface area contributed by atoms with Crippen molar-refractivity contribution in [1.29, 1.82) is 0 Å². The standard InChI is InChI=1S/C11H16N2O3S/c1-12-10-4-3-9(7-11(10)13(14)15)8-17-6-5-16-2/h3-4,7,12H,5-6,8H2,1-2H3. The van der Waals surface area contributed by atoms with Crippen LogP contribution in [0.2, 0.25) is 0 Å². The highest BCUT2D eigenvalue weighted by atomic mass is 32.2. The number of hydrogen-bond acceptors (Lipinski definition) is 5. The van der Waals surface area contributed by atoms with Gasteiger partial charge in [-0.05, 0) is 11.6 Å². The van der Waals surface area contributed by atoms with Gasteiger partial charge in [-0.3, -0.25) is 10.1 Å². The minimum absolute atomic E-state index is 0.123. The highest BCUT2D eigenvalue weighted by Gasteiger charge is 2.13. The Labute approximate surface area is 105 Å². The van der Waals surface area contributed by atoms with E-state index in [-0.39, 0.29) is 10.6 Å². The number of nitro benzene ring substituents is 1. The molecule has 0 bridgehead atoms. The van der Waals surface area contributed by atoms with E-state index in [0.29, 0.717) is 12.3 Å². The lowest BCUT2D eigenvalue weighted by Crippen LogP contribution is -1.98. The molecule has 0 amide bonds. The maximum absolute atomic E-state index is 10.8. The summed E-state index contributed by atoms with van der Waals surface area (Å²) in [6.45, 7) is 0.696. The van der Waals surface area contributed by atoms with Gasteiger partial charge in [-0.1, -0.05) is 6.07 Å². The maximum atomic E-state index is 10.8. The summed E-state index contributed by atoms with van der Waals surface area (Å²) in [5.41, 5.74) is 1.62. The normalized spacial score (nSPS) is 10.2. The SMILES string of the molecule is CNc1ccc(CSCCOC)cc1[N+](=O)[O-]. The van der Waals surface area contributed by atoms with Gasteiger partial charge in [-0.15, -0.1) is 0 Å². The Kier molecular flexibility index (Phi) is 5.79. The van der Waals surface area contributed by atoms with Crippen LogP contribution in [-0.2, 0) is 10.5 Å². The zero-order chi connectivity index (χ0) is 12.7. The second-order valence-electron chi connectivity index (χ2n) is 3.40. The number of benzene rings is 1. The molecular formula is C11H16N2O3S. The highest BCUT2D eigenvalue weighted by Crippen LogP contribution is 2.26. The molecule has 0 fully saturated rings. The van der Waals surface area contributed by atoms with E-state index < -0.39 is 0 Å². The fraction of sp³-hybridized carbons (Fsp3) is 0.455. The summed E-state index contributed by atoms with van der Waals surface area (Å²) >= 11 is 1.70. The van der Waals surface area contributed by atoms with Crippen molar-refractivity contribution in [2.45, 2.75) is 5.75 Å². The molecule has 0 unspecified atom stereocenters. The first-order chi connectivity index (χ1) is 8.19. The van der Waals surface area contributed by atoms with Crippen molar-refractivity contribution in [2.24, 2.45) is 0 Å². The average molecular weight is 256 g/mol. The van der Waals surface area contributed by atoms with E-state index in [4.69, 9.17) is 4.74 Å². The Balaban J connectivity index is 2.68. The molecule has 0 aliphatic carbocycles. The highest BCUT2D eigenvalue weighted by molar-refractivity contribution is 7.98. The predicted molar refractivity (Wildman–Crippen MR) is 70.7 cm³/mol. The molecule has 94 valence electrons. The summed E-state index contributed by atoms with van der Waals surface area (Å²) in [5.74, 6) is 1.65. The topological polar surface area (TPSA) is 64.4 Å². The van der Waals surface area contributed by atoms with E-state index in [1.54, 1.807) is 38.1 Å². The van der Waals surface area contributed by atoms with E-state index in [2.05, 4.69) is 5.32 Å². The van der Waals surface area contributed by atoms with Crippen LogP contribution >= 0.6 is 11.8 Å². The smallest absolute Gasteiger partial charge is 0.292 e. The molecule has 0 aliphatic rings. The van der Waals surface area contributed by atoms with Crippen LogP contribution in [0.5, 0.6) is 0 Å². The van der Waals surface area contributed by atoms with E-state index in [0.717, 1.165) is 17.1 Å². The number of nitrogens with zero attached hydrogens (tertiary/aromatic N) is 1. The molecule has 17 heavy (non-hydrogen) atoms. The lowest BCUT2D eigenvalue weighted by atomic mass is 10.2. The molecule has 0 saturated heterocycles. The molecule has 6 heteroatoms. The fourth-order valence-corrected chi connectivity index (χ4v) is 2.21. The minimum Gasteiger partial charge on any atom is -0.384 e. The van der Waals surface area contributed by atoms with Crippen LogP contribution in [0.15, 0.2) is 18.2 Å². The average Bonchev–Trinajstić information content (AvgIpc) is 2.34. The van der Waals surface area contributed by atoms with Crippen molar-refractivity contribution in [3.63, 3.8) is 0 Å². The third-order valence-electron chi connectivity index (χ3n) is 2.23. The third-order valence-corrected chi connectivity index (χ3v) is 3.22. The van der Waals surface area contributed by atoms with Crippen LogP contribution in [0.4, 0.5) is 11.4 Å². The molecule has 0 spiro atoms. The predicted octanol–water partition coefficient (Wildman–Crippen LogP) is 2.52. The zero-order valence-corrected chi connectivity index (χ0v) is 10.8. The number of anilines is 1. The molecule has 1 N–H and O–H groups in total. The molecule has 0 atom stereocenters. The monoisotopic (exact) mass is 256 g/mol. The van der Waals surface area contributed by atoms with Crippen LogP contribution in [-0.4, -0.2) is 31.4 Å². The summed E-state index contributed by atoms with van der Waals surface area (Å²) in [4.78, 5) is 10.5. The number of thioether (sulfide) groups is 1. The molecule has 5 nitrogen and oxygen atoms in total. The summed E-state index contributed by atoms with van der Waals surface area (Å²) < 4.78 is 4.94. The van der Waals surface area contributed by atoms with Gasteiger partial charge in [0.1, 0.15) is 5.69 Å². The van der Waals surface area contributed by atoms with Crippen LogP contribution in [0, 0.1) is 10.1 Å². The lowest BCUT2D eigenvalue weighted by molar-refractivity contribution is -0.384. The van der Waals surface area contributed by atoms with Crippen molar-refractivity contribution >= 4 is 23.1 Å². The number of methoxy groups -OCH3 is 1. The van der Waals surface area contributed by atoms with E-state index in [1.165, 1.54) is 0 Å². The molecule has 0 aliphatic heterocycles. The van der Waals surface area contributed by atoms with Gasteiger partial charge in [0.15, 0.2) is 0 Å². The summed E-state index contributed by atoms with van der Waals surface area (Å²) in [7, 11) is 3.34. The van der Waals surface area contributed by atoms with Crippen LogP contribution in [0.25, 0.3) is 0 Å². The van der Waals surface area contributed by atoms with Gasteiger partial charge in [0, 0.05) is 31.7 Å². The third kappa shape index (κ3) is 4.24. The Morgan fingerprint density at radius 3 is 2.88 bits per heavy atom. The Hall–Kier alpha value is -1.27. The molecule has 1 aromatic rings. The summed E-state index contributed by atoms with van der Waals surface area (Å²) in [6.07, 6.45) is 0. The Morgan fingerprint density at radius 2 is 2.29 bits per heavy atom. The first kappa shape index (κ1) is 13.8. The quantitative estimate of drug-likeness (QED) is 0.461. The zero-order valence-electron chi connectivity index (χ0n) is 9.93. The second-order valence-corrected chi connectivity index (χ2v) is 4.51. The molecular weight excluding hydrogens is 240 g/mol. The Bertz CT molecular complexity index is 385. The lowest BCUT2D eigenvalue weighted by Gasteiger charge is -2.05. The molecule has 0 aromatic heterocycles. The van der Waals surface area contributed by atoms with Crippen molar-refractivity contribution in [1.82, 2.24) is 0 Å². The summed E-state index contributed by atoms with van der Waals surface area (Å²) in [5, 5.41) is 13.7. The maximum Gasteiger partial charge on any atom is 0.292 e. The van der Waals surface area contributed by atoms with Crippen LogP contribution < -0.4 is 5.32 Å². The number of hydrogen-bond donors (Lipinski definition) is 1. The van der Waals surface area contributed by atoms with Crippen molar-refractivity contribution in [2.75, 3.05) is 31.8 Å². The van der Waals surface area contributed by atoms with Gasteiger partial charge < -0.3 is 10.1 Å².